The first-order valence-corrected chi connectivity index (χ1v) is 12.5. The minimum Gasteiger partial charge on any atom is -0.497 e. The number of rotatable bonds is 6. The molecule has 3 aromatic rings. The Bertz CT molecular complexity index is 1390. The van der Waals surface area contributed by atoms with Crippen molar-refractivity contribution >= 4 is 21.6 Å². The van der Waals surface area contributed by atoms with Gasteiger partial charge < -0.3 is 14.2 Å². The number of aryl methyl sites for hydroxylation is 2. The van der Waals surface area contributed by atoms with E-state index in [1.54, 1.807) is 12.1 Å². The third kappa shape index (κ3) is 4.72. The van der Waals surface area contributed by atoms with Crippen LogP contribution >= 0.6 is 11.6 Å². The van der Waals surface area contributed by atoms with E-state index in [4.69, 9.17) is 21.1 Å². The van der Waals surface area contributed by atoms with E-state index in [-0.39, 0.29) is 27.9 Å². The standard InChI is InChI=1S/C23H23ClF3N3O5S/c1-13-21(22(24)29(2)28-13)36(31,32)30-9-8-14-10-17(33-3)12-18(34-4)19(14)20(30)15-6-5-7-16(11-15)35-23(25,26)27/h5-7,10-12,20H,8-9H2,1-4H3. The average molecular weight is 546 g/mol. The maximum Gasteiger partial charge on any atom is 0.573 e. The number of methoxy groups -OCH3 is 2. The van der Waals surface area contributed by atoms with E-state index < -0.39 is 28.2 Å². The summed E-state index contributed by atoms with van der Waals surface area (Å²) in [4.78, 5) is -0.171. The molecule has 0 N–H and O–H groups in total. The SMILES string of the molecule is COc1cc2c(c(OC)c1)C(c1cccc(OC(F)(F)F)c1)N(S(=O)(=O)c1c(C)nn(C)c1Cl)CC2. The Labute approximate surface area is 211 Å². The van der Waals surface area contributed by atoms with Crippen LogP contribution in [0.2, 0.25) is 5.15 Å². The molecule has 194 valence electrons. The molecule has 0 fully saturated rings. The minimum absolute atomic E-state index is 0.0192. The van der Waals surface area contributed by atoms with Crippen molar-refractivity contribution in [2.75, 3.05) is 20.8 Å². The highest BCUT2D eigenvalue weighted by Crippen LogP contribution is 2.46. The lowest BCUT2D eigenvalue weighted by molar-refractivity contribution is -0.274. The van der Waals surface area contributed by atoms with Crippen LogP contribution in [0.5, 0.6) is 17.2 Å². The molecule has 1 aliphatic heterocycles. The van der Waals surface area contributed by atoms with E-state index in [0.717, 1.165) is 17.7 Å². The molecular weight excluding hydrogens is 523 g/mol. The van der Waals surface area contributed by atoms with Gasteiger partial charge in [0.2, 0.25) is 10.0 Å². The van der Waals surface area contributed by atoms with Crippen molar-refractivity contribution in [3.8, 4) is 17.2 Å². The number of halogens is 4. The first kappa shape index (κ1) is 26.1. The van der Waals surface area contributed by atoms with Crippen molar-refractivity contribution in [2.45, 2.75) is 30.6 Å². The van der Waals surface area contributed by atoms with Gasteiger partial charge in [0.25, 0.3) is 0 Å². The average Bonchev–Trinajstić information content (AvgIpc) is 3.07. The summed E-state index contributed by atoms with van der Waals surface area (Å²) < 4.78 is 84.3. The van der Waals surface area contributed by atoms with E-state index >= 15 is 0 Å². The summed E-state index contributed by atoms with van der Waals surface area (Å²) in [6.07, 6.45) is -4.62. The fourth-order valence-electron chi connectivity index (χ4n) is 4.46. The van der Waals surface area contributed by atoms with E-state index in [2.05, 4.69) is 9.84 Å². The third-order valence-electron chi connectivity index (χ3n) is 5.89. The zero-order valence-corrected chi connectivity index (χ0v) is 21.3. The predicted octanol–water partition coefficient (Wildman–Crippen LogP) is 4.63. The van der Waals surface area contributed by atoms with Gasteiger partial charge in [-0.3, -0.25) is 4.68 Å². The largest absolute Gasteiger partial charge is 0.573 e. The fourth-order valence-corrected chi connectivity index (χ4v) is 6.76. The number of ether oxygens (including phenoxy) is 3. The molecule has 0 saturated carbocycles. The number of benzene rings is 2. The normalized spacial score (nSPS) is 16.5. The van der Waals surface area contributed by atoms with Gasteiger partial charge in [-0.1, -0.05) is 23.7 Å². The quantitative estimate of drug-likeness (QED) is 0.449. The maximum absolute atomic E-state index is 14.0. The van der Waals surface area contributed by atoms with Crippen LogP contribution in [-0.2, 0) is 23.5 Å². The van der Waals surface area contributed by atoms with Gasteiger partial charge in [-0.25, -0.2) is 8.42 Å². The van der Waals surface area contributed by atoms with Crippen molar-refractivity contribution in [3.05, 3.63) is 63.9 Å². The molecular formula is C23H23ClF3N3O5S. The highest BCUT2D eigenvalue weighted by molar-refractivity contribution is 7.89. The summed E-state index contributed by atoms with van der Waals surface area (Å²) in [5.74, 6) is 0.346. The zero-order chi connectivity index (χ0) is 26.4. The number of aromatic nitrogens is 2. The van der Waals surface area contributed by atoms with Crippen LogP contribution in [0.25, 0.3) is 0 Å². The Morgan fingerprint density at radius 2 is 1.83 bits per heavy atom. The van der Waals surface area contributed by atoms with Crippen LogP contribution in [-0.4, -0.2) is 49.6 Å². The van der Waals surface area contributed by atoms with Gasteiger partial charge in [0.05, 0.1) is 26.0 Å². The topological polar surface area (TPSA) is 82.9 Å². The van der Waals surface area contributed by atoms with E-state index in [9.17, 15) is 21.6 Å². The number of hydrogen-bond donors (Lipinski definition) is 0. The molecule has 36 heavy (non-hydrogen) atoms. The van der Waals surface area contributed by atoms with E-state index in [0.29, 0.717) is 23.5 Å². The second-order valence-corrected chi connectivity index (χ2v) is 10.3. The molecule has 0 bridgehead atoms. The van der Waals surface area contributed by atoms with Crippen molar-refractivity contribution in [2.24, 2.45) is 7.05 Å². The summed E-state index contributed by atoms with van der Waals surface area (Å²) in [6, 6.07) is 7.52. The number of sulfonamides is 1. The second kappa shape index (κ2) is 9.49. The van der Waals surface area contributed by atoms with Gasteiger partial charge in [0.1, 0.15) is 27.3 Å². The number of alkyl halides is 3. The minimum atomic E-state index is -4.92. The molecule has 1 aliphatic rings. The molecule has 1 unspecified atom stereocenters. The van der Waals surface area contributed by atoms with Crippen LogP contribution in [0.3, 0.4) is 0 Å². The van der Waals surface area contributed by atoms with Gasteiger partial charge >= 0.3 is 6.36 Å². The summed E-state index contributed by atoms with van der Waals surface area (Å²) >= 11 is 6.32. The van der Waals surface area contributed by atoms with Crippen molar-refractivity contribution < 1.29 is 35.8 Å². The molecule has 0 spiro atoms. The summed E-state index contributed by atoms with van der Waals surface area (Å²) in [5.41, 5.74) is 1.67. The summed E-state index contributed by atoms with van der Waals surface area (Å²) in [7, 11) is 0.166. The maximum atomic E-state index is 14.0. The first-order chi connectivity index (χ1) is 16.9. The Morgan fingerprint density at radius 1 is 1.11 bits per heavy atom. The summed E-state index contributed by atoms with van der Waals surface area (Å²) in [5, 5.41) is 4.04. The summed E-state index contributed by atoms with van der Waals surface area (Å²) in [6.45, 7) is 1.54. The highest BCUT2D eigenvalue weighted by atomic mass is 35.5. The van der Waals surface area contributed by atoms with Gasteiger partial charge in [-0.15, -0.1) is 13.2 Å². The molecule has 0 amide bonds. The van der Waals surface area contributed by atoms with Crippen LogP contribution < -0.4 is 14.2 Å². The molecule has 1 atom stereocenters. The predicted molar refractivity (Wildman–Crippen MR) is 125 cm³/mol. The molecule has 0 radical (unpaired) electrons. The van der Waals surface area contributed by atoms with E-state index in [1.807, 2.05) is 0 Å². The molecule has 13 heteroatoms. The van der Waals surface area contributed by atoms with Gasteiger partial charge in [-0.05, 0) is 42.7 Å². The molecule has 1 aromatic heterocycles. The van der Waals surface area contributed by atoms with Crippen LogP contribution in [0.1, 0.15) is 28.4 Å². The molecule has 4 rings (SSSR count). The van der Waals surface area contributed by atoms with Crippen molar-refractivity contribution in [1.82, 2.24) is 14.1 Å². The monoisotopic (exact) mass is 545 g/mol. The molecule has 0 saturated heterocycles. The highest BCUT2D eigenvalue weighted by Gasteiger charge is 2.42. The van der Waals surface area contributed by atoms with Crippen molar-refractivity contribution in [1.29, 1.82) is 0 Å². The molecule has 2 aromatic carbocycles. The lowest BCUT2D eigenvalue weighted by Crippen LogP contribution is -2.41. The van der Waals surface area contributed by atoms with Gasteiger partial charge in [0.15, 0.2) is 0 Å². The molecule has 0 aliphatic carbocycles. The van der Waals surface area contributed by atoms with Crippen LogP contribution in [0.15, 0.2) is 41.3 Å². The van der Waals surface area contributed by atoms with Crippen LogP contribution in [0, 0.1) is 6.92 Å². The molecule has 8 nitrogen and oxygen atoms in total. The van der Waals surface area contributed by atoms with Crippen LogP contribution in [0.4, 0.5) is 13.2 Å². The lowest BCUT2D eigenvalue weighted by Gasteiger charge is -2.37. The third-order valence-corrected chi connectivity index (χ3v) is 8.46. The zero-order valence-electron chi connectivity index (χ0n) is 19.8. The number of fused-ring (bicyclic) bond motifs is 1. The smallest absolute Gasteiger partial charge is 0.497 e. The number of nitrogens with zero attached hydrogens (tertiary/aromatic N) is 3. The molecule has 2 heterocycles. The van der Waals surface area contributed by atoms with Gasteiger partial charge in [0, 0.05) is 25.2 Å². The Balaban J connectivity index is 1.96. The van der Waals surface area contributed by atoms with Gasteiger partial charge in [-0.2, -0.15) is 9.40 Å². The lowest BCUT2D eigenvalue weighted by atomic mass is 9.88. The Hall–Kier alpha value is -2.96. The first-order valence-electron chi connectivity index (χ1n) is 10.7. The Kier molecular flexibility index (Phi) is 6.88. The van der Waals surface area contributed by atoms with E-state index in [1.165, 1.54) is 49.3 Å². The number of hydrogen-bond acceptors (Lipinski definition) is 6. The Morgan fingerprint density at radius 3 is 2.42 bits per heavy atom. The fraction of sp³-hybridized carbons (Fsp3) is 0.348. The van der Waals surface area contributed by atoms with Crippen molar-refractivity contribution in [3.63, 3.8) is 0 Å². The second-order valence-electron chi connectivity index (χ2n) is 8.12.